The number of nitrogens with one attached hydrogen (secondary N) is 1. The summed E-state index contributed by atoms with van der Waals surface area (Å²) in [5.74, 6) is 0.197. The first-order valence-corrected chi connectivity index (χ1v) is 16.7. The van der Waals surface area contributed by atoms with E-state index in [1.807, 2.05) is 12.1 Å². The van der Waals surface area contributed by atoms with E-state index >= 15 is 4.39 Å². The fraction of sp³-hybridized carbons (Fsp3) is 0.233. The van der Waals surface area contributed by atoms with E-state index in [1.54, 1.807) is 50.4 Å². The van der Waals surface area contributed by atoms with Crippen LogP contribution < -0.4 is 10.1 Å². The highest BCUT2D eigenvalue weighted by Gasteiger charge is 2.27. The average Bonchev–Trinajstić information content (AvgIpc) is 3.47. The maximum atomic E-state index is 15.3. The summed E-state index contributed by atoms with van der Waals surface area (Å²) in [5.41, 5.74) is 2.46. The van der Waals surface area contributed by atoms with Crippen molar-refractivity contribution in [3.8, 4) is 17.0 Å². The van der Waals surface area contributed by atoms with E-state index in [9.17, 15) is 12.8 Å². The Morgan fingerprint density at radius 2 is 1.91 bits per heavy atom. The number of halogens is 3. The molecule has 0 amide bonds. The van der Waals surface area contributed by atoms with Crippen molar-refractivity contribution < 1.29 is 21.9 Å². The summed E-state index contributed by atoms with van der Waals surface area (Å²) in [6, 6.07) is 14.1. The molecule has 0 fully saturated rings. The largest absolute Gasteiger partial charge is 0.488 e. The summed E-state index contributed by atoms with van der Waals surface area (Å²) < 4.78 is 61.8. The van der Waals surface area contributed by atoms with Gasteiger partial charge in [-0.15, -0.1) is 11.3 Å². The van der Waals surface area contributed by atoms with Crippen molar-refractivity contribution in [2.75, 3.05) is 17.6 Å². The third-order valence-electron chi connectivity index (χ3n) is 6.82. The summed E-state index contributed by atoms with van der Waals surface area (Å²) >= 11 is 4.81. The molecule has 2 heterocycles. The Hall–Kier alpha value is -3.52. The van der Waals surface area contributed by atoms with Crippen LogP contribution in [-0.4, -0.2) is 40.0 Å². The normalized spacial score (nSPS) is 12.5. The number of aromatic nitrogens is 3. The van der Waals surface area contributed by atoms with Gasteiger partial charge < -0.3 is 10.1 Å². The van der Waals surface area contributed by atoms with Crippen molar-refractivity contribution in [1.29, 1.82) is 0 Å². The molecule has 1 atom stereocenters. The minimum Gasteiger partial charge on any atom is -0.488 e. The lowest BCUT2D eigenvalue weighted by Crippen LogP contribution is -2.34. The molecule has 8 nitrogen and oxygen atoms in total. The van der Waals surface area contributed by atoms with Gasteiger partial charge in [-0.2, -0.15) is 4.31 Å². The van der Waals surface area contributed by atoms with Crippen LogP contribution in [-0.2, 0) is 16.6 Å². The Labute approximate surface area is 261 Å². The molecular formula is C30H28BrF2N5O3S2. The Bertz CT molecular complexity index is 1890. The fourth-order valence-corrected chi connectivity index (χ4v) is 7.35. The molecule has 43 heavy (non-hydrogen) atoms. The molecule has 0 aliphatic carbocycles. The fourth-order valence-electron chi connectivity index (χ4n) is 4.60. The molecule has 0 spiro atoms. The first-order valence-electron chi connectivity index (χ1n) is 13.4. The maximum absolute atomic E-state index is 15.3. The number of hydrogen-bond acceptors (Lipinski definition) is 8. The molecule has 1 unspecified atom stereocenters. The van der Waals surface area contributed by atoms with Crippen molar-refractivity contribution >= 4 is 59.7 Å². The second-order valence-electron chi connectivity index (χ2n) is 9.61. The first-order chi connectivity index (χ1) is 20.6. The highest BCUT2D eigenvalue weighted by molar-refractivity contribution is 9.10. The molecule has 2 aromatic heterocycles. The van der Waals surface area contributed by atoms with Gasteiger partial charge in [0.15, 0.2) is 0 Å². The monoisotopic (exact) mass is 687 g/mol. The lowest BCUT2D eigenvalue weighted by atomic mass is 10.1. The number of ether oxygens (including phenoxy) is 1. The van der Waals surface area contributed by atoms with E-state index < -0.39 is 21.9 Å². The molecule has 0 bridgehead atoms. The quantitative estimate of drug-likeness (QED) is 0.151. The van der Waals surface area contributed by atoms with Gasteiger partial charge in [0.1, 0.15) is 41.1 Å². The second kappa shape index (κ2) is 13.0. The van der Waals surface area contributed by atoms with E-state index in [-0.39, 0.29) is 23.7 Å². The van der Waals surface area contributed by atoms with E-state index in [4.69, 9.17) is 4.74 Å². The highest BCUT2D eigenvalue weighted by atomic mass is 79.9. The summed E-state index contributed by atoms with van der Waals surface area (Å²) in [5, 5.41) is 6.13. The molecule has 0 radical (unpaired) electrons. The number of thiazole rings is 1. The van der Waals surface area contributed by atoms with E-state index in [1.165, 1.54) is 40.2 Å². The molecule has 0 aliphatic rings. The molecule has 224 valence electrons. The van der Waals surface area contributed by atoms with Gasteiger partial charge in [-0.3, -0.25) is 0 Å². The third kappa shape index (κ3) is 6.85. The zero-order valence-corrected chi connectivity index (χ0v) is 26.7. The Kier molecular flexibility index (Phi) is 9.35. The van der Waals surface area contributed by atoms with Crippen LogP contribution in [0.25, 0.3) is 22.2 Å². The van der Waals surface area contributed by atoms with Crippen LogP contribution in [0, 0.1) is 11.6 Å². The highest BCUT2D eigenvalue weighted by Crippen LogP contribution is 2.35. The topological polar surface area (TPSA) is 97.3 Å². The minimum atomic E-state index is -3.43. The SMILES string of the molecule is CCN(C(C)c1nc(-c2cc3c(Nc4ccc(OCc5cccc(F)c5)c(Br)c4)ncnc3cc2F)cs1)S(=O)(=O)CC. The molecule has 1 N–H and O–H groups in total. The maximum Gasteiger partial charge on any atom is 0.214 e. The van der Waals surface area contributed by atoms with Gasteiger partial charge in [-0.1, -0.05) is 19.1 Å². The lowest BCUT2D eigenvalue weighted by molar-refractivity contribution is 0.303. The van der Waals surface area contributed by atoms with Gasteiger partial charge in [0, 0.05) is 34.6 Å². The molecule has 5 rings (SSSR count). The zero-order valence-electron chi connectivity index (χ0n) is 23.5. The number of benzene rings is 3. The molecule has 5 aromatic rings. The summed E-state index contributed by atoms with van der Waals surface area (Å²) in [4.78, 5) is 13.2. The number of fused-ring (bicyclic) bond motifs is 1. The second-order valence-corrected chi connectivity index (χ2v) is 13.6. The number of sulfonamides is 1. The van der Waals surface area contributed by atoms with Crippen LogP contribution in [0.3, 0.4) is 0 Å². The standard InChI is InChI=1S/C30H28BrF2N5O3S2/c1-4-38(43(39,40)5-2)18(3)30-37-27(16-42-30)22-13-23-26(14-25(22)33)34-17-35-29(23)36-21-9-10-28(24(31)12-21)41-15-19-7-6-8-20(32)11-19/h6-14,16-18H,4-5,15H2,1-3H3,(H,34,35,36). The summed E-state index contributed by atoms with van der Waals surface area (Å²) in [6.45, 7) is 5.67. The summed E-state index contributed by atoms with van der Waals surface area (Å²) in [7, 11) is -3.43. The Morgan fingerprint density at radius 3 is 2.63 bits per heavy atom. The van der Waals surface area contributed by atoms with Gasteiger partial charge in [0.05, 0.1) is 27.5 Å². The zero-order chi connectivity index (χ0) is 30.7. The molecule has 0 aliphatic heterocycles. The Balaban J connectivity index is 1.40. The van der Waals surface area contributed by atoms with Crippen LogP contribution in [0.15, 0.2) is 70.8 Å². The van der Waals surface area contributed by atoms with Crippen molar-refractivity contribution in [3.05, 3.63) is 93.0 Å². The molecular weight excluding hydrogens is 660 g/mol. The van der Waals surface area contributed by atoms with Gasteiger partial charge in [-0.05, 0) is 71.7 Å². The first kappa shape index (κ1) is 30.9. The van der Waals surface area contributed by atoms with Crippen LogP contribution in [0.4, 0.5) is 20.3 Å². The smallest absolute Gasteiger partial charge is 0.214 e. The van der Waals surface area contributed by atoms with E-state index in [0.717, 1.165) is 0 Å². The number of anilines is 2. The Morgan fingerprint density at radius 1 is 1.09 bits per heavy atom. The van der Waals surface area contributed by atoms with Crippen LogP contribution in [0.5, 0.6) is 5.75 Å². The number of hydrogen-bond donors (Lipinski definition) is 1. The average molecular weight is 689 g/mol. The van der Waals surface area contributed by atoms with Crippen LogP contribution >= 0.6 is 27.3 Å². The predicted molar refractivity (Wildman–Crippen MR) is 169 cm³/mol. The predicted octanol–water partition coefficient (Wildman–Crippen LogP) is 7.85. The molecule has 0 saturated heterocycles. The molecule has 13 heteroatoms. The van der Waals surface area contributed by atoms with Gasteiger partial charge in [-0.25, -0.2) is 32.2 Å². The van der Waals surface area contributed by atoms with Gasteiger partial charge >= 0.3 is 0 Å². The van der Waals surface area contributed by atoms with E-state index in [2.05, 4.69) is 36.2 Å². The van der Waals surface area contributed by atoms with Crippen molar-refractivity contribution in [3.63, 3.8) is 0 Å². The number of rotatable bonds is 11. The van der Waals surface area contributed by atoms with Crippen molar-refractivity contribution in [1.82, 2.24) is 19.3 Å². The summed E-state index contributed by atoms with van der Waals surface area (Å²) in [6.07, 6.45) is 1.35. The van der Waals surface area contributed by atoms with Crippen molar-refractivity contribution in [2.24, 2.45) is 0 Å². The minimum absolute atomic E-state index is 0.0142. The molecule has 0 saturated carbocycles. The van der Waals surface area contributed by atoms with Gasteiger partial charge in [0.25, 0.3) is 0 Å². The number of nitrogens with zero attached hydrogens (tertiary/aromatic N) is 4. The lowest BCUT2D eigenvalue weighted by Gasteiger charge is -2.25. The molecule has 3 aromatic carbocycles. The van der Waals surface area contributed by atoms with Crippen LogP contribution in [0.2, 0.25) is 0 Å². The van der Waals surface area contributed by atoms with E-state index in [0.29, 0.717) is 55.4 Å². The van der Waals surface area contributed by atoms with Crippen LogP contribution in [0.1, 0.15) is 37.4 Å². The third-order valence-corrected chi connectivity index (χ3v) is 10.5. The van der Waals surface area contributed by atoms with Gasteiger partial charge in [0.2, 0.25) is 10.0 Å². The van der Waals surface area contributed by atoms with Crippen molar-refractivity contribution in [2.45, 2.75) is 33.4 Å².